The maximum absolute atomic E-state index is 14.1. The minimum absolute atomic E-state index is 0.0158. The summed E-state index contributed by atoms with van der Waals surface area (Å²) in [6.45, 7) is 8.74. The zero-order valence-corrected chi connectivity index (χ0v) is 28.4. The lowest BCUT2D eigenvalue weighted by Gasteiger charge is -2.53. The molecule has 0 aliphatic carbocycles. The van der Waals surface area contributed by atoms with Gasteiger partial charge in [0.1, 0.15) is 34.5 Å². The molecule has 4 aromatic rings. The molecular formula is C36H39F2N7O6. The Kier molecular flexibility index (Phi) is 8.87. The van der Waals surface area contributed by atoms with Gasteiger partial charge in [0.15, 0.2) is 17.2 Å². The van der Waals surface area contributed by atoms with Gasteiger partial charge in [-0.25, -0.2) is 28.5 Å². The standard InChI is InChI=1S/C36H39F2N7O6/c1-22-36(20-48-21-36)49-15-14-44(22)26-16-23(6-5-9-43-12-10-42(2)11-13-43)18-39-34(26)50-24-17-27(35(46)47)45(19-24)33-30-29(40-32(41-33)31(37)38)25-7-3-4-8-28(25)51-30/h3-4,7-8,16,18,22,24,27,31H,9-15,17,19-21H2,1-2H3,(H,46,47)/t22-,24-,27-/m0/s1. The molecule has 1 spiro atoms. The van der Waals surface area contributed by atoms with Crippen LogP contribution in [0.5, 0.6) is 5.88 Å². The van der Waals surface area contributed by atoms with E-state index in [4.69, 9.17) is 23.6 Å². The van der Waals surface area contributed by atoms with Crippen LogP contribution >= 0.6 is 0 Å². The van der Waals surface area contributed by atoms with Crippen LogP contribution in [-0.4, -0.2) is 132 Å². The lowest BCUT2D eigenvalue weighted by atomic mass is 9.90. The van der Waals surface area contributed by atoms with Crippen molar-refractivity contribution in [3.63, 3.8) is 0 Å². The van der Waals surface area contributed by atoms with Crippen molar-refractivity contribution < 1.29 is 37.3 Å². The molecule has 15 heteroatoms. The fourth-order valence-corrected chi connectivity index (χ4v) is 7.36. The summed E-state index contributed by atoms with van der Waals surface area (Å²) >= 11 is 0. The molecule has 8 rings (SSSR count). The van der Waals surface area contributed by atoms with Crippen molar-refractivity contribution in [3.05, 3.63) is 47.9 Å². The van der Waals surface area contributed by atoms with Crippen molar-refractivity contribution in [3.8, 4) is 17.7 Å². The number of ether oxygens (including phenoxy) is 3. The van der Waals surface area contributed by atoms with Gasteiger partial charge in [-0.2, -0.15) is 0 Å². The van der Waals surface area contributed by atoms with Crippen molar-refractivity contribution in [2.24, 2.45) is 0 Å². The van der Waals surface area contributed by atoms with E-state index in [0.717, 1.165) is 37.4 Å². The summed E-state index contributed by atoms with van der Waals surface area (Å²) in [7, 11) is 2.12. The Morgan fingerprint density at radius 3 is 2.69 bits per heavy atom. The maximum Gasteiger partial charge on any atom is 0.326 e. The van der Waals surface area contributed by atoms with Gasteiger partial charge in [-0.05, 0) is 32.2 Å². The topological polar surface area (TPSA) is 130 Å². The van der Waals surface area contributed by atoms with Crippen LogP contribution < -0.4 is 14.5 Å². The largest absolute Gasteiger partial charge is 0.480 e. The van der Waals surface area contributed by atoms with Crippen molar-refractivity contribution >= 4 is 39.5 Å². The van der Waals surface area contributed by atoms with E-state index in [1.807, 2.05) is 6.07 Å². The molecule has 0 saturated carbocycles. The van der Waals surface area contributed by atoms with Crippen molar-refractivity contribution in [2.45, 2.75) is 43.6 Å². The highest BCUT2D eigenvalue weighted by atomic mass is 19.3. The smallest absolute Gasteiger partial charge is 0.326 e. The zero-order valence-electron chi connectivity index (χ0n) is 28.4. The molecule has 51 heavy (non-hydrogen) atoms. The van der Waals surface area contributed by atoms with Gasteiger partial charge in [-0.3, -0.25) is 4.90 Å². The first-order valence-electron chi connectivity index (χ1n) is 17.2. The minimum Gasteiger partial charge on any atom is -0.480 e. The van der Waals surface area contributed by atoms with E-state index < -0.39 is 36.0 Å². The normalized spacial score (nSPS) is 23.9. The summed E-state index contributed by atoms with van der Waals surface area (Å²) < 4.78 is 52.5. The third kappa shape index (κ3) is 6.31. The third-order valence-electron chi connectivity index (χ3n) is 10.4. The maximum atomic E-state index is 14.1. The summed E-state index contributed by atoms with van der Waals surface area (Å²) in [6, 6.07) is 7.70. The monoisotopic (exact) mass is 703 g/mol. The number of anilines is 2. The van der Waals surface area contributed by atoms with E-state index in [0.29, 0.717) is 49.8 Å². The highest BCUT2D eigenvalue weighted by molar-refractivity contribution is 6.06. The van der Waals surface area contributed by atoms with Crippen molar-refractivity contribution in [1.82, 2.24) is 24.8 Å². The van der Waals surface area contributed by atoms with E-state index >= 15 is 0 Å². The van der Waals surface area contributed by atoms with E-state index in [1.165, 1.54) is 4.90 Å². The molecule has 4 aliphatic heterocycles. The van der Waals surface area contributed by atoms with Crippen molar-refractivity contribution in [1.29, 1.82) is 0 Å². The molecule has 268 valence electrons. The molecule has 4 aliphatic rings. The summed E-state index contributed by atoms with van der Waals surface area (Å²) in [5, 5.41) is 10.9. The molecule has 0 amide bonds. The number of halogens is 2. The van der Waals surface area contributed by atoms with Crippen LogP contribution in [0.4, 0.5) is 20.3 Å². The number of piperazine rings is 1. The van der Waals surface area contributed by atoms with Gasteiger partial charge in [-0.15, -0.1) is 0 Å². The second-order valence-corrected chi connectivity index (χ2v) is 13.7. The van der Waals surface area contributed by atoms with Gasteiger partial charge in [0.05, 0.1) is 39.0 Å². The lowest BCUT2D eigenvalue weighted by Crippen LogP contribution is -2.68. The molecule has 4 saturated heterocycles. The van der Waals surface area contributed by atoms with E-state index in [9.17, 15) is 18.7 Å². The molecule has 3 atom stereocenters. The molecule has 0 radical (unpaired) electrons. The number of fused-ring (bicyclic) bond motifs is 3. The zero-order chi connectivity index (χ0) is 35.3. The Hall–Kier alpha value is -4.62. The van der Waals surface area contributed by atoms with Crippen LogP contribution in [0, 0.1) is 11.8 Å². The van der Waals surface area contributed by atoms with Gasteiger partial charge >= 0.3 is 5.97 Å². The number of nitrogens with zero attached hydrogens (tertiary/aromatic N) is 7. The van der Waals surface area contributed by atoms with Crippen LogP contribution in [-0.2, 0) is 14.3 Å². The molecule has 0 unspecified atom stereocenters. The molecule has 1 aromatic carbocycles. The second-order valence-electron chi connectivity index (χ2n) is 13.7. The molecular weight excluding hydrogens is 664 g/mol. The SMILES string of the molecule is C[C@@H]1N(c2cc(C#CCN3CCN(C)CC3)cnc2O[C@H]2C[C@@H](C(=O)O)N(c3nc(C(F)F)nc4c3oc3ccccc34)C2)CCOC12COC2. The number of hydrogen-bond donors (Lipinski definition) is 1. The number of likely N-dealkylation sites (N-methyl/N-ethyl adjacent to an activating group) is 1. The number of hydrogen-bond acceptors (Lipinski definition) is 12. The summed E-state index contributed by atoms with van der Waals surface area (Å²) in [4.78, 5) is 33.9. The predicted octanol–water partition coefficient (Wildman–Crippen LogP) is 3.41. The first-order valence-corrected chi connectivity index (χ1v) is 17.2. The number of carboxylic acids is 1. The fourth-order valence-electron chi connectivity index (χ4n) is 7.36. The molecule has 7 heterocycles. The molecule has 3 aromatic heterocycles. The number of morpholine rings is 1. The van der Waals surface area contributed by atoms with Crippen LogP contribution in [0.2, 0.25) is 0 Å². The number of furan rings is 1. The van der Waals surface area contributed by atoms with E-state index in [-0.39, 0.29) is 35.9 Å². The summed E-state index contributed by atoms with van der Waals surface area (Å²) in [5.41, 5.74) is 1.76. The third-order valence-corrected chi connectivity index (χ3v) is 10.4. The first kappa shape index (κ1) is 33.5. The highest BCUT2D eigenvalue weighted by Gasteiger charge is 2.50. The number of carboxylic acid groups (broad SMARTS) is 1. The van der Waals surface area contributed by atoms with Gasteiger partial charge in [0, 0.05) is 56.3 Å². The Morgan fingerprint density at radius 2 is 1.94 bits per heavy atom. The fraction of sp³-hybridized carbons (Fsp3) is 0.500. The molecule has 13 nitrogen and oxygen atoms in total. The quantitative estimate of drug-likeness (QED) is 0.283. The number of aromatic nitrogens is 3. The minimum atomic E-state index is -2.98. The number of para-hydroxylation sites is 1. The van der Waals surface area contributed by atoms with Crippen LogP contribution in [0.3, 0.4) is 0 Å². The van der Waals surface area contributed by atoms with E-state index in [1.54, 1.807) is 30.5 Å². The van der Waals surface area contributed by atoms with Crippen LogP contribution in [0.15, 0.2) is 40.9 Å². The highest BCUT2D eigenvalue weighted by Crippen LogP contribution is 2.41. The van der Waals surface area contributed by atoms with Gasteiger partial charge in [0.25, 0.3) is 6.43 Å². The lowest BCUT2D eigenvalue weighted by molar-refractivity contribution is -0.228. The van der Waals surface area contributed by atoms with E-state index in [2.05, 4.69) is 50.5 Å². The molecule has 0 bridgehead atoms. The number of alkyl halides is 2. The van der Waals surface area contributed by atoms with Gasteiger partial charge < -0.3 is 38.4 Å². The second kappa shape index (κ2) is 13.5. The Labute approximate surface area is 293 Å². The first-order chi connectivity index (χ1) is 24.7. The Balaban J connectivity index is 1.11. The van der Waals surface area contributed by atoms with Gasteiger partial charge in [-0.1, -0.05) is 24.0 Å². The van der Waals surface area contributed by atoms with Crippen LogP contribution in [0.1, 0.15) is 31.2 Å². The summed E-state index contributed by atoms with van der Waals surface area (Å²) in [5.74, 6) is 5.04. The number of aliphatic carboxylic acids is 1. The predicted molar refractivity (Wildman–Crippen MR) is 183 cm³/mol. The Morgan fingerprint density at radius 1 is 1.14 bits per heavy atom. The average molecular weight is 704 g/mol. The Bertz CT molecular complexity index is 2000. The number of rotatable bonds is 7. The average Bonchev–Trinajstić information content (AvgIpc) is 3.71. The molecule has 1 N–H and O–H groups in total. The number of benzene rings is 1. The van der Waals surface area contributed by atoms with Crippen LogP contribution in [0.25, 0.3) is 22.1 Å². The van der Waals surface area contributed by atoms with Crippen molar-refractivity contribution in [2.75, 3.05) is 82.5 Å². The molecule has 4 fully saturated rings. The summed E-state index contributed by atoms with van der Waals surface area (Å²) in [6.07, 6.45) is -1.93. The van der Waals surface area contributed by atoms with Gasteiger partial charge in [0.2, 0.25) is 5.88 Å². The number of carbonyl (C=O) groups is 1. The number of pyridine rings is 1.